The van der Waals surface area contributed by atoms with Crippen molar-refractivity contribution in [3.05, 3.63) is 41.5 Å². The van der Waals surface area contributed by atoms with Crippen molar-refractivity contribution < 1.29 is 22.8 Å². The maximum absolute atomic E-state index is 12.5. The van der Waals surface area contributed by atoms with Gasteiger partial charge >= 0.3 is 6.18 Å². The van der Waals surface area contributed by atoms with E-state index in [-0.39, 0.29) is 11.8 Å². The summed E-state index contributed by atoms with van der Waals surface area (Å²) in [7, 11) is 0. The molecule has 0 N–H and O–H groups in total. The van der Waals surface area contributed by atoms with Gasteiger partial charge in [-0.25, -0.2) is 0 Å². The van der Waals surface area contributed by atoms with Crippen molar-refractivity contribution in [2.45, 2.75) is 26.9 Å². The lowest BCUT2D eigenvalue weighted by Crippen LogP contribution is -2.52. The van der Waals surface area contributed by atoms with Gasteiger partial charge in [0.2, 0.25) is 11.8 Å². The first-order valence-corrected chi connectivity index (χ1v) is 8.42. The second-order valence-corrected chi connectivity index (χ2v) is 7.32. The molecule has 0 aliphatic carbocycles. The summed E-state index contributed by atoms with van der Waals surface area (Å²) in [5.74, 6) is -0.155. The van der Waals surface area contributed by atoms with E-state index in [1.54, 1.807) is 9.80 Å². The van der Waals surface area contributed by atoms with E-state index in [2.05, 4.69) is 0 Å². The van der Waals surface area contributed by atoms with E-state index in [0.717, 1.165) is 12.1 Å². The van der Waals surface area contributed by atoms with Crippen LogP contribution >= 0.6 is 0 Å². The molecule has 7 heteroatoms. The Hall–Kier alpha value is -2.31. The van der Waals surface area contributed by atoms with Crippen LogP contribution in [-0.4, -0.2) is 47.8 Å². The number of carbonyl (C=O) groups is 2. The number of rotatable bonds is 2. The average Bonchev–Trinajstić information content (AvgIpc) is 2.58. The van der Waals surface area contributed by atoms with Gasteiger partial charge in [-0.05, 0) is 23.8 Å². The predicted molar refractivity (Wildman–Crippen MR) is 93.1 cm³/mol. The molecule has 1 aliphatic heterocycles. The van der Waals surface area contributed by atoms with Crippen LogP contribution in [0, 0.1) is 5.41 Å². The summed E-state index contributed by atoms with van der Waals surface area (Å²) >= 11 is 0. The van der Waals surface area contributed by atoms with Gasteiger partial charge in [-0.15, -0.1) is 0 Å². The highest BCUT2D eigenvalue weighted by Gasteiger charge is 2.31. The molecule has 0 bridgehead atoms. The van der Waals surface area contributed by atoms with Crippen LogP contribution in [0.3, 0.4) is 0 Å². The molecule has 1 aromatic carbocycles. The standard InChI is InChI=1S/C19H23F3N2O2/c1-18(2,3)17(26)24-12-10-23(11-13-24)16(25)9-6-14-4-7-15(8-5-14)19(20,21)22/h4-9H,10-13H2,1-3H3/b9-6+. The maximum Gasteiger partial charge on any atom is 0.416 e. The molecule has 1 saturated heterocycles. The molecule has 142 valence electrons. The molecule has 0 atom stereocenters. The summed E-state index contributed by atoms with van der Waals surface area (Å²) in [6.07, 6.45) is -1.53. The quantitative estimate of drug-likeness (QED) is 0.751. The van der Waals surface area contributed by atoms with Gasteiger partial charge in [0.15, 0.2) is 0 Å². The topological polar surface area (TPSA) is 40.6 Å². The minimum absolute atomic E-state index is 0.0601. The van der Waals surface area contributed by atoms with Gasteiger partial charge in [-0.3, -0.25) is 9.59 Å². The van der Waals surface area contributed by atoms with E-state index in [9.17, 15) is 22.8 Å². The van der Waals surface area contributed by atoms with Gasteiger partial charge < -0.3 is 9.80 Å². The van der Waals surface area contributed by atoms with Gasteiger partial charge in [0.05, 0.1) is 5.56 Å². The lowest BCUT2D eigenvalue weighted by Gasteiger charge is -2.37. The van der Waals surface area contributed by atoms with Crippen LogP contribution in [-0.2, 0) is 15.8 Å². The molecule has 1 heterocycles. The minimum Gasteiger partial charge on any atom is -0.339 e. The summed E-state index contributed by atoms with van der Waals surface area (Å²) in [6, 6.07) is 4.63. The van der Waals surface area contributed by atoms with E-state index in [0.29, 0.717) is 31.7 Å². The zero-order valence-corrected chi connectivity index (χ0v) is 15.1. The van der Waals surface area contributed by atoms with Crippen molar-refractivity contribution in [3.63, 3.8) is 0 Å². The summed E-state index contributed by atoms with van der Waals surface area (Å²) in [4.78, 5) is 27.8. The monoisotopic (exact) mass is 368 g/mol. The molecule has 4 nitrogen and oxygen atoms in total. The van der Waals surface area contributed by atoms with Crippen molar-refractivity contribution in [2.75, 3.05) is 26.2 Å². The molecule has 26 heavy (non-hydrogen) atoms. The highest BCUT2D eigenvalue weighted by atomic mass is 19.4. The number of piperazine rings is 1. The SMILES string of the molecule is CC(C)(C)C(=O)N1CCN(C(=O)/C=C/c2ccc(C(F)(F)F)cc2)CC1. The Morgan fingerprint density at radius 1 is 0.923 bits per heavy atom. The number of hydrogen-bond acceptors (Lipinski definition) is 2. The van der Waals surface area contributed by atoms with Crippen molar-refractivity contribution in [1.29, 1.82) is 0 Å². The molecule has 0 radical (unpaired) electrons. The van der Waals surface area contributed by atoms with Crippen LogP contribution in [0.2, 0.25) is 0 Å². The summed E-state index contributed by atoms with van der Waals surface area (Å²) in [5.41, 5.74) is -0.650. The van der Waals surface area contributed by atoms with Crippen LogP contribution in [0.5, 0.6) is 0 Å². The third kappa shape index (κ3) is 5.09. The molecule has 2 rings (SSSR count). The van der Waals surface area contributed by atoms with Crippen LogP contribution in [0.4, 0.5) is 13.2 Å². The average molecular weight is 368 g/mol. The van der Waals surface area contributed by atoms with Crippen LogP contribution < -0.4 is 0 Å². The number of nitrogens with zero attached hydrogens (tertiary/aromatic N) is 2. The molecule has 1 fully saturated rings. The largest absolute Gasteiger partial charge is 0.416 e. The second-order valence-electron chi connectivity index (χ2n) is 7.32. The predicted octanol–water partition coefficient (Wildman–Crippen LogP) is 3.44. The van der Waals surface area contributed by atoms with Crippen LogP contribution in [0.1, 0.15) is 31.9 Å². The lowest BCUT2D eigenvalue weighted by atomic mass is 9.94. The Balaban J connectivity index is 1.91. The Labute approximate surface area is 151 Å². The summed E-state index contributed by atoms with van der Waals surface area (Å²) in [5, 5.41) is 0. The number of benzene rings is 1. The molecule has 0 spiro atoms. The number of alkyl halides is 3. The molecule has 0 unspecified atom stereocenters. The molecular formula is C19H23F3N2O2. The Morgan fingerprint density at radius 3 is 1.88 bits per heavy atom. The highest BCUT2D eigenvalue weighted by molar-refractivity contribution is 5.92. The molecule has 0 saturated carbocycles. The number of hydrogen-bond donors (Lipinski definition) is 0. The first kappa shape index (κ1) is 20.0. The van der Waals surface area contributed by atoms with E-state index >= 15 is 0 Å². The molecule has 1 aliphatic rings. The zero-order chi connectivity index (χ0) is 19.5. The van der Waals surface area contributed by atoms with Gasteiger partial charge in [0.25, 0.3) is 0 Å². The van der Waals surface area contributed by atoms with Gasteiger partial charge in [0, 0.05) is 37.7 Å². The number of halogens is 3. The van der Waals surface area contributed by atoms with Gasteiger partial charge in [-0.2, -0.15) is 13.2 Å². The fraction of sp³-hybridized carbons (Fsp3) is 0.474. The van der Waals surface area contributed by atoms with E-state index in [1.165, 1.54) is 24.3 Å². The number of carbonyl (C=O) groups excluding carboxylic acids is 2. The Kier molecular flexibility index (Phi) is 5.78. The molecule has 0 aromatic heterocycles. The van der Waals surface area contributed by atoms with Crippen molar-refractivity contribution in [1.82, 2.24) is 9.80 Å². The summed E-state index contributed by atoms with van der Waals surface area (Å²) < 4.78 is 37.6. The minimum atomic E-state index is -4.37. The smallest absolute Gasteiger partial charge is 0.339 e. The van der Waals surface area contributed by atoms with Crippen LogP contribution in [0.15, 0.2) is 30.3 Å². The van der Waals surface area contributed by atoms with Crippen molar-refractivity contribution >= 4 is 17.9 Å². The molecule has 1 aromatic rings. The fourth-order valence-electron chi connectivity index (χ4n) is 2.66. The fourth-order valence-corrected chi connectivity index (χ4v) is 2.66. The lowest BCUT2D eigenvalue weighted by molar-refractivity contribution is -0.143. The first-order chi connectivity index (χ1) is 12.0. The second kappa shape index (κ2) is 7.51. The number of amides is 2. The summed E-state index contributed by atoms with van der Waals surface area (Å²) in [6.45, 7) is 7.43. The van der Waals surface area contributed by atoms with Crippen LogP contribution in [0.25, 0.3) is 6.08 Å². The third-order valence-corrected chi connectivity index (χ3v) is 4.18. The van der Waals surface area contributed by atoms with E-state index in [4.69, 9.17) is 0 Å². The Bertz CT molecular complexity index is 680. The highest BCUT2D eigenvalue weighted by Crippen LogP contribution is 2.29. The van der Waals surface area contributed by atoms with Crippen molar-refractivity contribution in [2.24, 2.45) is 5.41 Å². The van der Waals surface area contributed by atoms with Gasteiger partial charge in [0.1, 0.15) is 0 Å². The maximum atomic E-state index is 12.5. The van der Waals surface area contributed by atoms with E-state index in [1.807, 2.05) is 20.8 Å². The molecule has 2 amide bonds. The Morgan fingerprint density at radius 2 is 1.42 bits per heavy atom. The van der Waals surface area contributed by atoms with Gasteiger partial charge in [-0.1, -0.05) is 32.9 Å². The van der Waals surface area contributed by atoms with E-state index < -0.39 is 17.2 Å². The first-order valence-electron chi connectivity index (χ1n) is 8.42. The third-order valence-electron chi connectivity index (χ3n) is 4.18. The normalized spacial score (nSPS) is 16.2. The zero-order valence-electron chi connectivity index (χ0n) is 15.1. The molecular weight excluding hydrogens is 345 g/mol. The van der Waals surface area contributed by atoms with Crippen molar-refractivity contribution in [3.8, 4) is 0 Å².